The van der Waals surface area contributed by atoms with Gasteiger partial charge in [-0.25, -0.2) is 0 Å². The van der Waals surface area contributed by atoms with Crippen LogP contribution in [0.25, 0.3) is 64.7 Å². The molecular formula is C72H69ClN2S. The number of thiophene rings is 1. The molecule has 0 aliphatic heterocycles. The number of fused-ring (bicyclic) bond motifs is 7. The number of benzene rings is 10. The molecule has 0 saturated carbocycles. The fourth-order valence-electron chi connectivity index (χ4n) is 10.8. The third-order valence-corrected chi connectivity index (χ3v) is 16.7. The molecule has 380 valence electrons. The van der Waals surface area contributed by atoms with Gasteiger partial charge in [-0.1, -0.05) is 222 Å². The van der Waals surface area contributed by atoms with Crippen molar-refractivity contribution in [2.75, 3.05) is 9.80 Å². The van der Waals surface area contributed by atoms with E-state index in [1.165, 1.54) is 75.8 Å². The SMILES string of the molecule is CC(C)(C)c1cccc(N(c2cccc(N(c3ccc(-c4cc(C(C)(C)C)cc(C(C)(C)C)c4)cc3)c3cccc(-c4ccc5c6ccccc6c6ccccc6c5c4)c3)c2Cl)c2csc3ccc(C(C)(C)C)cc23)c1. The molecule has 0 aliphatic rings. The van der Waals surface area contributed by atoms with Crippen LogP contribution in [-0.2, 0) is 21.7 Å². The van der Waals surface area contributed by atoms with Crippen molar-refractivity contribution in [2.45, 2.75) is 105 Å². The zero-order chi connectivity index (χ0) is 53.5. The number of hydrogen-bond acceptors (Lipinski definition) is 3. The molecule has 76 heavy (non-hydrogen) atoms. The first-order chi connectivity index (χ1) is 36.1. The Bertz CT molecular complexity index is 3930. The van der Waals surface area contributed by atoms with Crippen molar-refractivity contribution in [3.63, 3.8) is 0 Å². The van der Waals surface area contributed by atoms with Gasteiger partial charge in [0.15, 0.2) is 0 Å². The first-order valence-corrected chi connectivity index (χ1v) is 28.1. The van der Waals surface area contributed by atoms with E-state index < -0.39 is 0 Å². The van der Waals surface area contributed by atoms with Crippen LogP contribution in [0.4, 0.5) is 34.1 Å². The topological polar surface area (TPSA) is 6.48 Å². The fourth-order valence-corrected chi connectivity index (χ4v) is 12.0. The standard InChI is InChI=1S/C72H69ClN2S/c1-69(2,3)50-21-18-23-56(43-50)75(66-45-76-67-37-33-51(44-63(66)67)70(4,5)6)65-29-19-28-64(68(65)73)74(54-34-30-46(31-35-54)49-38-52(71(7,8)9)42-53(39-49)72(10,11)12)55-22-17-20-47(40-55)48-32-36-61-59-26-14-13-24-57(59)58-25-15-16-27-60(58)62(61)41-48/h13-45H,1-12H3. The number of nitrogens with zero attached hydrogens (tertiary/aromatic N) is 2. The molecule has 0 radical (unpaired) electrons. The van der Waals surface area contributed by atoms with Crippen molar-refractivity contribution in [1.29, 1.82) is 0 Å². The van der Waals surface area contributed by atoms with Gasteiger partial charge in [-0.3, -0.25) is 0 Å². The van der Waals surface area contributed by atoms with Crippen LogP contribution >= 0.6 is 22.9 Å². The molecule has 0 N–H and O–H groups in total. The first kappa shape index (κ1) is 51.0. The van der Waals surface area contributed by atoms with Crippen LogP contribution < -0.4 is 9.80 Å². The Hall–Kier alpha value is -7.17. The Morgan fingerprint density at radius 2 is 0.789 bits per heavy atom. The average Bonchev–Trinajstić information content (AvgIpc) is 3.83. The zero-order valence-corrected chi connectivity index (χ0v) is 47.8. The summed E-state index contributed by atoms with van der Waals surface area (Å²) in [6.45, 7) is 27.5. The van der Waals surface area contributed by atoms with Crippen molar-refractivity contribution in [1.82, 2.24) is 0 Å². The molecule has 0 unspecified atom stereocenters. The molecule has 1 heterocycles. The molecule has 0 fully saturated rings. The van der Waals surface area contributed by atoms with Crippen LogP contribution in [0.1, 0.15) is 105 Å². The third-order valence-electron chi connectivity index (χ3n) is 15.4. The average molecular weight is 1030 g/mol. The molecule has 11 aromatic rings. The lowest BCUT2D eigenvalue weighted by Crippen LogP contribution is -2.16. The first-order valence-electron chi connectivity index (χ1n) is 26.8. The minimum absolute atomic E-state index is 0.00239. The van der Waals surface area contributed by atoms with Gasteiger partial charge in [0.05, 0.1) is 22.1 Å². The summed E-state index contributed by atoms with van der Waals surface area (Å²) in [4.78, 5) is 4.74. The second-order valence-electron chi connectivity index (χ2n) is 24.9. The number of anilines is 6. The summed E-state index contributed by atoms with van der Waals surface area (Å²) in [5.74, 6) is 0. The van der Waals surface area contributed by atoms with Crippen molar-refractivity contribution in [2.24, 2.45) is 0 Å². The van der Waals surface area contributed by atoms with Gasteiger partial charge in [-0.2, -0.15) is 0 Å². The second-order valence-corrected chi connectivity index (χ2v) is 26.2. The summed E-state index contributed by atoms with van der Waals surface area (Å²) < 4.78 is 1.24. The smallest absolute Gasteiger partial charge is 0.0887 e. The van der Waals surface area contributed by atoms with E-state index in [1.54, 1.807) is 11.3 Å². The molecule has 4 heteroatoms. The lowest BCUT2D eigenvalue weighted by Gasteiger charge is -2.32. The van der Waals surface area contributed by atoms with E-state index in [0.717, 1.165) is 45.3 Å². The van der Waals surface area contributed by atoms with E-state index in [1.807, 2.05) is 0 Å². The summed E-state index contributed by atoms with van der Waals surface area (Å²) in [7, 11) is 0. The van der Waals surface area contributed by atoms with Crippen LogP contribution in [-0.4, -0.2) is 0 Å². The highest BCUT2D eigenvalue weighted by Crippen LogP contribution is 2.51. The lowest BCUT2D eigenvalue weighted by molar-refractivity contribution is 0.569. The quantitative estimate of drug-likeness (QED) is 0.140. The van der Waals surface area contributed by atoms with E-state index in [2.05, 4.69) is 292 Å². The summed E-state index contributed by atoms with van der Waals surface area (Å²) in [5, 5.41) is 11.7. The van der Waals surface area contributed by atoms with E-state index in [4.69, 9.17) is 11.6 Å². The Morgan fingerprint density at radius 3 is 1.38 bits per heavy atom. The Kier molecular flexibility index (Phi) is 12.8. The van der Waals surface area contributed by atoms with Crippen LogP contribution in [0.5, 0.6) is 0 Å². The molecular weight excluding hydrogens is 960 g/mol. The maximum atomic E-state index is 8.14. The zero-order valence-electron chi connectivity index (χ0n) is 46.2. The Labute approximate surface area is 460 Å². The van der Waals surface area contributed by atoms with Gasteiger partial charge in [0.2, 0.25) is 0 Å². The monoisotopic (exact) mass is 1030 g/mol. The van der Waals surface area contributed by atoms with Gasteiger partial charge in [-0.05, 0) is 165 Å². The maximum Gasteiger partial charge on any atom is 0.0887 e. The van der Waals surface area contributed by atoms with Crippen LogP contribution in [0.2, 0.25) is 5.02 Å². The highest BCUT2D eigenvalue weighted by atomic mass is 35.5. The number of hydrogen-bond donors (Lipinski definition) is 0. The Morgan fingerprint density at radius 1 is 0.303 bits per heavy atom. The van der Waals surface area contributed by atoms with Gasteiger partial charge in [0.25, 0.3) is 0 Å². The van der Waals surface area contributed by atoms with Gasteiger partial charge < -0.3 is 9.80 Å². The largest absolute Gasteiger partial charge is 0.309 e. The molecule has 0 amide bonds. The van der Waals surface area contributed by atoms with Gasteiger partial charge >= 0.3 is 0 Å². The molecule has 0 atom stereocenters. The van der Waals surface area contributed by atoms with Crippen molar-refractivity contribution in [3.8, 4) is 22.3 Å². The molecule has 2 nitrogen and oxygen atoms in total. The molecule has 0 bridgehead atoms. The summed E-state index contributed by atoms with van der Waals surface area (Å²) >= 11 is 9.92. The molecule has 0 saturated heterocycles. The molecule has 11 rings (SSSR count). The lowest BCUT2D eigenvalue weighted by atomic mass is 9.79. The van der Waals surface area contributed by atoms with Gasteiger partial charge in [0.1, 0.15) is 0 Å². The van der Waals surface area contributed by atoms with Crippen LogP contribution in [0, 0.1) is 0 Å². The number of halogens is 1. The molecule has 0 aliphatic carbocycles. The van der Waals surface area contributed by atoms with E-state index in [0.29, 0.717) is 5.02 Å². The minimum atomic E-state index is -0.0638. The van der Waals surface area contributed by atoms with E-state index >= 15 is 0 Å². The second kappa shape index (κ2) is 19.1. The van der Waals surface area contributed by atoms with Crippen LogP contribution in [0.3, 0.4) is 0 Å². The van der Waals surface area contributed by atoms with Crippen molar-refractivity contribution >= 4 is 99.5 Å². The molecule has 1 aromatic heterocycles. The predicted octanol–water partition coefficient (Wildman–Crippen LogP) is 22.5. The Balaban J connectivity index is 1.11. The molecule has 10 aromatic carbocycles. The normalized spacial score (nSPS) is 12.5. The number of rotatable bonds is 8. The van der Waals surface area contributed by atoms with Crippen molar-refractivity contribution < 1.29 is 0 Å². The van der Waals surface area contributed by atoms with Gasteiger partial charge in [-0.15, -0.1) is 11.3 Å². The third kappa shape index (κ3) is 9.58. The minimum Gasteiger partial charge on any atom is -0.309 e. The highest BCUT2D eigenvalue weighted by molar-refractivity contribution is 7.17. The van der Waals surface area contributed by atoms with Crippen molar-refractivity contribution in [3.05, 3.63) is 227 Å². The molecule has 0 spiro atoms. The van der Waals surface area contributed by atoms with Gasteiger partial charge in [0, 0.05) is 32.5 Å². The maximum absolute atomic E-state index is 8.14. The predicted molar refractivity (Wildman–Crippen MR) is 334 cm³/mol. The highest BCUT2D eigenvalue weighted by Gasteiger charge is 2.27. The van der Waals surface area contributed by atoms with Crippen LogP contribution in [0.15, 0.2) is 200 Å². The summed E-state index contributed by atoms with van der Waals surface area (Å²) in [6, 6.07) is 72.3. The summed E-state index contributed by atoms with van der Waals surface area (Å²) in [5.41, 5.74) is 15.8. The summed E-state index contributed by atoms with van der Waals surface area (Å²) in [6.07, 6.45) is 0. The fraction of sp³-hybridized carbons (Fsp3) is 0.222. The van der Waals surface area contributed by atoms with E-state index in [9.17, 15) is 0 Å². The van der Waals surface area contributed by atoms with E-state index in [-0.39, 0.29) is 21.7 Å².